The summed E-state index contributed by atoms with van der Waals surface area (Å²) in [7, 11) is 0. The quantitative estimate of drug-likeness (QED) is 0.694. The maximum absolute atomic E-state index is 10.7. The van der Waals surface area contributed by atoms with Gasteiger partial charge in [0.15, 0.2) is 0 Å². The number of carboxylic acid groups (broad SMARTS) is 1. The number of nitrogens with zero attached hydrogens (tertiary/aromatic N) is 1. The molecule has 0 radical (unpaired) electrons. The molecule has 80 valence electrons. The third-order valence-electron chi connectivity index (χ3n) is 3.69. The summed E-state index contributed by atoms with van der Waals surface area (Å²) in [6, 6.07) is 0. The highest BCUT2D eigenvalue weighted by atomic mass is 16.4. The largest absolute Gasteiger partial charge is 0.465 e. The molecular weight excluding hydrogens is 180 g/mol. The molecule has 1 amide bonds. The standard InChI is InChI=1S/C10H18N2O2/c11-2-1-7-3-8-5-12(10(13)14)6-9(8)4-7/h7-9H,1-6,11H2,(H,13,14)/t7-,8+,9-. The van der Waals surface area contributed by atoms with Crippen LogP contribution in [0.1, 0.15) is 19.3 Å². The zero-order chi connectivity index (χ0) is 10.1. The van der Waals surface area contributed by atoms with Crippen molar-refractivity contribution in [2.45, 2.75) is 19.3 Å². The van der Waals surface area contributed by atoms with Gasteiger partial charge in [0.1, 0.15) is 0 Å². The van der Waals surface area contributed by atoms with Crippen LogP contribution in [0.2, 0.25) is 0 Å². The van der Waals surface area contributed by atoms with Crippen molar-refractivity contribution in [3.8, 4) is 0 Å². The number of hydrogen-bond acceptors (Lipinski definition) is 2. The predicted molar refractivity (Wildman–Crippen MR) is 53.0 cm³/mol. The molecular formula is C10H18N2O2. The van der Waals surface area contributed by atoms with Crippen LogP contribution >= 0.6 is 0 Å². The molecule has 1 saturated carbocycles. The lowest BCUT2D eigenvalue weighted by Gasteiger charge is -2.15. The third-order valence-corrected chi connectivity index (χ3v) is 3.69. The van der Waals surface area contributed by atoms with Crippen molar-refractivity contribution < 1.29 is 9.90 Å². The summed E-state index contributed by atoms with van der Waals surface area (Å²) in [5, 5.41) is 8.84. The summed E-state index contributed by atoms with van der Waals surface area (Å²) < 4.78 is 0. The Morgan fingerprint density at radius 1 is 1.36 bits per heavy atom. The minimum Gasteiger partial charge on any atom is -0.465 e. The summed E-state index contributed by atoms with van der Waals surface area (Å²) in [6.07, 6.45) is 2.73. The molecule has 3 N–H and O–H groups in total. The lowest BCUT2D eigenvalue weighted by atomic mass is 10.0. The molecule has 4 nitrogen and oxygen atoms in total. The van der Waals surface area contributed by atoms with Crippen LogP contribution < -0.4 is 5.73 Å². The molecule has 0 spiro atoms. The first kappa shape index (κ1) is 9.77. The molecule has 0 aromatic carbocycles. The van der Waals surface area contributed by atoms with E-state index >= 15 is 0 Å². The summed E-state index contributed by atoms with van der Waals surface area (Å²) in [4.78, 5) is 12.3. The molecule has 2 rings (SSSR count). The van der Waals surface area contributed by atoms with E-state index < -0.39 is 6.09 Å². The van der Waals surface area contributed by atoms with Crippen LogP contribution in [-0.4, -0.2) is 35.7 Å². The van der Waals surface area contributed by atoms with E-state index in [9.17, 15) is 4.79 Å². The summed E-state index contributed by atoms with van der Waals surface area (Å²) in [5.74, 6) is 1.98. The lowest BCUT2D eigenvalue weighted by Crippen LogP contribution is -2.28. The van der Waals surface area contributed by atoms with Crippen LogP contribution in [0.15, 0.2) is 0 Å². The van der Waals surface area contributed by atoms with E-state index in [4.69, 9.17) is 10.8 Å². The SMILES string of the molecule is NCC[C@H]1C[C@@H]2CN(C(=O)O)C[C@@H]2C1. The Balaban J connectivity index is 1.87. The number of rotatable bonds is 2. The van der Waals surface area contributed by atoms with E-state index in [1.54, 1.807) is 4.90 Å². The third kappa shape index (κ3) is 1.71. The van der Waals surface area contributed by atoms with Gasteiger partial charge in [0.2, 0.25) is 0 Å². The van der Waals surface area contributed by atoms with Gasteiger partial charge in [-0.25, -0.2) is 4.79 Å². The van der Waals surface area contributed by atoms with Crippen molar-refractivity contribution in [1.82, 2.24) is 4.90 Å². The van der Waals surface area contributed by atoms with Gasteiger partial charge in [0.05, 0.1) is 0 Å². The molecule has 2 fully saturated rings. The van der Waals surface area contributed by atoms with Crippen molar-refractivity contribution in [2.24, 2.45) is 23.5 Å². The van der Waals surface area contributed by atoms with E-state index in [1.807, 2.05) is 0 Å². The van der Waals surface area contributed by atoms with Gasteiger partial charge in [0.25, 0.3) is 0 Å². The molecule has 4 heteroatoms. The zero-order valence-electron chi connectivity index (χ0n) is 8.35. The van der Waals surface area contributed by atoms with Crippen LogP contribution in [0.3, 0.4) is 0 Å². The fourth-order valence-electron chi connectivity index (χ4n) is 3.05. The van der Waals surface area contributed by atoms with E-state index in [-0.39, 0.29) is 0 Å². The molecule has 1 heterocycles. The monoisotopic (exact) mass is 198 g/mol. The maximum atomic E-state index is 10.7. The Labute approximate surface area is 84.1 Å². The van der Waals surface area contributed by atoms with Crippen molar-refractivity contribution in [3.63, 3.8) is 0 Å². The first-order valence-electron chi connectivity index (χ1n) is 5.38. The fourth-order valence-corrected chi connectivity index (χ4v) is 3.05. The Kier molecular flexibility index (Phi) is 2.63. The summed E-state index contributed by atoms with van der Waals surface area (Å²) >= 11 is 0. The first-order valence-corrected chi connectivity index (χ1v) is 5.38. The van der Waals surface area contributed by atoms with Gasteiger partial charge < -0.3 is 15.7 Å². The molecule has 1 aliphatic heterocycles. The number of nitrogens with two attached hydrogens (primary N) is 1. The normalized spacial score (nSPS) is 36.1. The molecule has 0 bridgehead atoms. The van der Waals surface area contributed by atoms with Gasteiger partial charge in [0, 0.05) is 13.1 Å². The smallest absolute Gasteiger partial charge is 0.407 e. The Morgan fingerprint density at radius 2 is 1.93 bits per heavy atom. The Bertz CT molecular complexity index is 218. The molecule has 0 aromatic heterocycles. The highest BCUT2D eigenvalue weighted by molar-refractivity contribution is 5.65. The second-order valence-corrected chi connectivity index (χ2v) is 4.62. The number of amides is 1. The number of hydrogen-bond donors (Lipinski definition) is 2. The highest BCUT2D eigenvalue weighted by Crippen LogP contribution is 2.42. The van der Waals surface area contributed by atoms with Gasteiger partial charge in [-0.05, 0) is 43.6 Å². The zero-order valence-corrected chi connectivity index (χ0v) is 8.35. The van der Waals surface area contributed by atoms with Gasteiger partial charge in [-0.1, -0.05) is 0 Å². The number of fused-ring (bicyclic) bond motifs is 1. The van der Waals surface area contributed by atoms with Gasteiger partial charge in [-0.2, -0.15) is 0 Å². The van der Waals surface area contributed by atoms with Crippen LogP contribution in [0, 0.1) is 17.8 Å². The van der Waals surface area contributed by atoms with E-state index in [1.165, 1.54) is 12.8 Å². The van der Waals surface area contributed by atoms with Crippen LogP contribution in [0.5, 0.6) is 0 Å². The molecule has 14 heavy (non-hydrogen) atoms. The molecule has 1 aliphatic carbocycles. The molecule has 0 aromatic rings. The maximum Gasteiger partial charge on any atom is 0.407 e. The topological polar surface area (TPSA) is 66.6 Å². The summed E-state index contributed by atoms with van der Waals surface area (Å²) in [6.45, 7) is 2.27. The molecule has 2 aliphatic rings. The minimum atomic E-state index is -0.755. The molecule has 0 unspecified atom stereocenters. The van der Waals surface area contributed by atoms with Gasteiger partial charge in [-0.3, -0.25) is 0 Å². The van der Waals surface area contributed by atoms with E-state index in [2.05, 4.69) is 0 Å². The van der Waals surface area contributed by atoms with Crippen molar-refractivity contribution in [3.05, 3.63) is 0 Å². The Morgan fingerprint density at radius 3 is 2.36 bits per heavy atom. The fraction of sp³-hybridized carbons (Fsp3) is 0.900. The van der Waals surface area contributed by atoms with Gasteiger partial charge in [-0.15, -0.1) is 0 Å². The van der Waals surface area contributed by atoms with Crippen molar-refractivity contribution in [2.75, 3.05) is 19.6 Å². The number of likely N-dealkylation sites (tertiary alicyclic amines) is 1. The highest BCUT2D eigenvalue weighted by Gasteiger charge is 2.41. The first-order chi connectivity index (χ1) is 6.70. The molecule has 3 atom stereocenters. The average Bonchev–Trinajstić information content (AvgIpc) is 2.61. The lowest BCUT2D eigenvalue weighted by molar-refractivity contribution is 0.151. The average molecular weight is 198 g/mol. The Hall–Kier alpha value is -0.770. The van der Waals surface area contributed by atoms with E-state index in [0.717, 1.165) is 32.0 Å². The van der Waals surface area contributed by atoms with Crippen molar-refractivity contribution >= 4 is 6.09 Å². The minimum absolute atomic E-state index is 0.614. The van der Waals surface area contributed by atoms with Gasteiger partial charge >= 0.3 is 6.09 Å². The van der Waals surface area contributed by atoms with Crippen LogP contribution in [0.4, 0.5) is 4.79 Å². The second-order valence-electron chi connectivity index (χ2n) is 4.62. The number of carbonyl (C=O) groups is 1. The van der Waals surface area contributed by atoms with Crippen LogP contribution in [0.25, 0.3) is 0 Å². The van der Waals surface area contributed by atoms with E-state index in [0.29, 0.717) is 11.8 Å². The second kappa shape index (κ2) is 3.77. The van der Waals surface area contributed by atoms with Crippen LogP contribution in [-0.2, 0) is 0 Å². The predicted octanol–water partition coefficient (Wildman–Crippen LogP) is 0.971. The summed E-state index contributed by atoms with van der Waals surface area (Å²) in [5.41, 5.74) is 5.53. The molecule has 1 saturated heterocycles. The van der Waals surface area contributed by atoms with Crippen molar-refractivity contribution in [1.29, 1.82) is 0 Å².